The zero-order valence-electron chi connectivity index (χ0n) is 7.99. The largest absolute Gasteiger partial charge is 0.365 e. The summed E-state index contributed by atoms with van der Waals surface area (Å²) in [5.74, 6) is 0.511. The predicted octanol–water partition coefficient (Wildman–Crippen LogP) is 0.916. The molecular weight excluding hydrogens is 182 g/mol. The van der Waals surface area contributed by atoms with E-state index in [1.807, 2.05) is 6.92 Å². The van der Waals surface area contributed by atoms with Crippen LogP contribution in [0.5, 0.6) is 0 Å². The monoisotopic (exact) mass is 195 g/mol. The molecule has 1 aromatic rings. The summed E-state index contributed by atoms with van der Waals surface area (Å²) in [6, 6.07) is 1.70. The Morgan fingerprint density at radius 1 is 1.71 bits per heavy atom. The summed E-state index contributed by atoms with van der Waals surface area (Å²) < 4.78 is 5.43. The number of hydrogen-bond acceptors (Lipinski definition) is 3. The van der Waals surface area contributed by atoms with Gasteiger partial charge in [-0.2, -0.15) is 5.10 Å². The number of rotatable bonds is 2. The van der Waals surface area contributed by atoms with Crippen LogP contribution in [-0.2, 0) is 9.53 Å². The minimum absolute atomic E-state index is 0.0985. The minimum Gasteiger partial charge on any atom is -0.365 e. The summed E-state index contributed by atoms with van der Waals surface area (Å²) in [7, 11) is 0. The number of aromatic amines is 1. The number of carbonyl (C=O) groups is 1. The Morgan fingerprint density at radius 3 is 3.14 bits per heavy atom. The average Bonchev–Trinajstić information content (AvgIpc) is 2.75. The maximum Gasteiger partial charge on any atom is 0.254 e. The third-order valence-electron chi connectivity index (χ3n) is 2.28. The SMILES string of the molecule is CC1CCC(C(=O)Nc2ccn[nH]2)O1. The molecule has 0 bridgehead atoms. The van der Waals surface area contributed by atoms with Crippen LogP contribution in [0.4, 0.5) is 5.82 Å². The van der Waals surface area contributed by atoms with Gasteiger partial charge in [0, 0.05) is 6.07 Å². The van der Waals surface area contributed by atoms with Gasteiger partial charge in [0.15, 0.2) is 0 Å². The second-order valence-electron chi connectivity index (χ2n) is 3.47. The van der Waals surface area contributed by atoms with Crippen LogP contribution in [0.15, 0.2) is 12.3 Å². The summed E-state index contributed by atoms with van der Waals surface area (Å²) in [5, 5.41) is 9.10. The van der Waals surface area contributed by atoms with Gasteiger partial charge in [0.1, 0.15) is 11.9 Å². The van der Waals surface area contributed by atoms with E-state index in [0.29, 0.717) is 5.82 Å². The first-order chi connectivity index (χ1) is 6.75. The number of nitrogens with zero attached hydrogens (tertiary/aromatic N) is 1. The summed E-state index contributed by atoms with van der Waals surface area (Å²) in [5.41, 5.74) is 0. The molecule has 1 aliphatic heterocycles. The van der Waals surface area contributed by atoms with E-state index < -0.39 is 0 Å². The van der Waals surface area contributed by atoms with Crippen molar-refractivity contribution in [3.63, 3.8) is 0 Å². The lowest BCUT2D eigenvalue weighted by molar-refractivity contribution is -0.126. The second-order valence-corrected chi connectivity index (χ2v) is 3.47. The van der Waals surface area contributed by atoms with Crippen molar-refractivity contribution in [2.75, 3.05) is 5.32 Å². The first-order valence-electron chi connectivity index (χ1n) is 4.71. The number of hydrogen-bond donors (Lipinski definition) is 2. The van der Waals surface area contributed by atoms with Gasteiger partial charge in [0.2, 0.25) is 0 Å². The number of ether oxygens (including phenoxy) is 1. The molecule has 1 aliphatic rings. The highest BCUT2D eigenvalue weighted by Gasteiger charge is 2.28. The van der Waals surface area contributed by atoms with Gasteiger partial charge < -0.3 is 10.1 Å². The molecule has 2 atom stereocenters. The number of aromatic nitrogens is 2. The quantitative estimate of drug-likeness (QED) is 0.737. The molecule has 0 radical (unpaired) electrons. The van der Waals surface area contributed by atoms with Gasteiger partial charge in [-0.1, -0.05) is 0 Å². The molecule has 76 valence electrons. The van der Waals surface area contributed by atoms with Gasteiger partial charge in [-0.05, 0) is 19.8 Å². The van der Waals surface area contributed by atoms with Gasteiger partial charge in [-0.25, -0.2) is 0 Å². The second kappa shape index (κ2) is 3.79. The zero-order valence-corrected chi connectivity index (χ0v) is 7.99. The Bertz CT molecular complexity index is 310. The molecule has 5 heteroatoms. The zero-order chi connectivity index (χ0) is 9.97. The molecule has 14 heavy (non-hydrogen) atoms. The molecule has 2 heterocycles. The van der Waals surface area contributed by atoms with E-state index in [2.05, 4.69) is 15.5 Å². The Kier molecular flexibility index (Phi) is 2.49. The molecular formula is C9H13N3O2. The molecule has 1 aromatic heterocycles. The lowest BCUT2D eigenvalue weighted by Crippen LogP contribution is -2.27. The van der Waals surface area contributed by atoms with Gasteiger partial charge in [-0.3, -0.25) is 9.89 Å². The van der Waals surface area contributed by atoms with Crippen LogP contribution in [-0.4, -0.2) is 28.3 Å². The fourth-order valence-corrected chi connectivity index (χ4v) is 1.53. The topological polar surface area (TPSA) is 67.0 Å². The van der Waals surface area contributed by atoms with E-state index in [1.165, 1.54) is 0 Å². The van der Waals surface area contributed by atoms with Crippen LogP contribution >= 0.6 is 0 Å². The van der Waals surface area contributed by atoms with E-state index in [9.17, 15) is 4.79 Å². The van der Waals surface area contributed by atoms with Gasteiger partial charge in [-0.15, -0.1) is 0 Å². The van der Waals surface area contributed by atoms with E-state index in [1.54, 1.807) is 12.3 Å². The molecule has 0 spiro atoms. The van der Waals surface area contributed by atoms with Crippen LogP contribution in [0.1, 0.15) is 19.8 Å². The fourth-order valence-electron chi connectivity index (χ4n) is 1.53. The number of carbonyl (C=O) groups excluding carboxylic acids is 1. The summed E-state index contributed by atoms with van der Waals surface area (Å²) in [6.45, 7) is 1.98. The van der Waals surface area contributed by atoms with Crippen LogP contribution < -0.4 is 5.32 Å². The molecule has 0 aliphatic carbocycles. The molecule has 0 aromatic carbocycles. The van der Waals surface area contributed by atoms with Crippen LogP contribution in [0.3, 0.4) is 0 Å². The Hall–Kier alpha value is -1.36. The van der Waals surface area contributed by atoms with Crippen molar-refractivity contribution in [3.8, 4) is 0 Å². The van der Waals surface area contributed by atoms with Crippen molar-refractivity contribution in [2.45, 2.75) is 32.0 Å². The minimum atomic E-state index is -0.312. The molecule has 2 unspecified atom stereocenters. The lowest BCUT2D eigenvalue weighted by atomic mass is 10.2. The van der Waals surface area contributed by atoms with Crippen molar-refractivity contribution in [1.82, 2.24) is 10.2 Å². The third kappa shape index (κ3) is 1.93. The molecule has 1 amide bonds. The number of anilines is 1. The van der Waals surface area contributed by atoms with Crippen LogP contribution in [0.25, 0.3) is 0 Å². The van der Waals surface area contributed by atoms with E-state index in [-0.39, 0.29) is 18.1 Å². The average molecular weight is 195 g/mol. The van der Waals surface area contributed by atoms with Crippen molar-refractivity contribution in [2.24, 2.45) is 0 Å². The maximum absolute atomic E-state index is 11.6. The van der Waals surface area contributed by atoms with Crippen molar-refractivity contribution in [1.29, 1.82) is 0 Å². The first-order valence-corrected chi connectivity index (χ1v) is 4.71. The van der Waals surface area contributed by atoms with Crippen LogP contribution in [0, 0.1) is 0 Å². The number of amides is 1. The molecule has 2 rings (SSSR count). The van der Waals surface area contributed by atoms with Crippen molar-refractivity contribution >= 4 is 11.7 Å². The lowest BCUT2D eigenvalue weighted by Gasteiger charge is -2.09. The van der Waals surface area contributed by atoms with E-state index in [0.717, 1.165) is 12.8 Å². The van der Waals surface area contributed by atoms with Crippen molar-refractivity contribution in [3.05, 3.63) is 12.3 Å². The Balaban J connectivity index is 1.90. The summed E-state index contributed by atoms with van der Waals surface area (Å²) >= 11 is 0. The molecule has 1 saturated heterocycles. The van der Waals surface area contributed by atoms with Crippen molar-refractivity contribution < 1.29 is 9.53 Å². The first kappa shape index (κ1) is 9.21. The third-order valence-corrected chi connectivity index (χ3v) is 2.28. The molecule has 5 nitrogen and oxygen atoms in total. The fraction of sp³-hybridized carbons (Fsp3) is 0.556. The smallest absolute Gasteiger partial charge is 0.254 e. The molecule has 1 fully saturated rings. The molecule has 2 N–H and O–H groups in total. The van der Waals surface area contributed by atoms with Crippen LogP contribution in [0.2, 0.25) is 0 Å². The Morgan fingerprint density at radius 2 is 2.57 bits per heavy atom. The van der Waals surface area contributed by atoms with Gasteiger partial charge in [0.25, 0.3) is 5.91 Å². The highest BCUT2D eigenvalue weighted by molar-refractivity contribution is 5.93. The maximum atomic E-state index is 11.6. The van der Waals surface area contributed by atoms with Gasteiger partial charge in [0.05, 0.1) is 12.3 Å². The standard InChI is InChI=1S/C9H13N3O2/c1-6-2-3-7(14-6)9(13)11-8-4-5-10-12-8/h4-7H,2-3H2,1H3,(H2,10,11,12,13). The van der Waals surface area contributed by atoms with Gasteiger partial charge >= 0.3 is 0 Å². The molecule has 0 saturated carbocycles. The van der Waals surface area contributed by atoms with E-state index in [4.69, 9.17) is 4.74 Å². The highest BCUT2D eigenvalue weighted by Crippen LogP contribution is 2.19. The summed E-state index contributed by atoms with van der Waals surface area (Å²) in [6.07, 6.45) is 3.21. The summed E-state index contributed by atoms with van der Waals surface area (Å²) in [4.78, 5) is 11.6. The normalized spacial score (nSPS) is 26.4. The number of nitrogens with one attached hydrogen (secondary N) is 2. The predicted molar refractivity (Wildman–Crippen MR) is 50.8 cm³/mol. The van der Waals surface area contributed by atoms with E-state index >= 15 is 0 Å². The Labute approximate surface area is 81.8 Å². The number of H-pyrrole nitrogens is 1. The highest BCUT2D eigenvalue weighted by atomic mass is 16.5.